The summed E-state index contributed by atoms with van der Waals surface area (Å²) < 4.78 is 18.7. The molecule has 0 bridgehead atoms. The van der Waals surface area contributed by atoms with Gasteiger partial charge in [-0.1, -0.05) is 11.2 Å². The standard InChI is InChI=1S/C19H22FN3O2/c20-13-5-3-6-14(11-13)21-15-7-4-10-23(12-15)19(24)18-16-8-1-2-9-17(16)22-25-18/h3,5-6,11,15,21H,1-2,4,7-10,12H2. The number of hydrogen-bond acceptors (Lipinski definition) is 4. The molecule has 5 nitrogen and oxygen atoms in total. The van der Waals surface area contributed by atoms with Gasteiger partial charge in [-0.25, -0.2) is 4.39 Å². The van der Waals surface area contributed by atoms with Gasteiger partial charge in [0, 0.05) is 30.4 Å². The van der Waals surface area contributed by atoms with E-state index in [1.165, 1.54) is 12.1 Å². The van der Waals surface area contributed by atoms with Gasteiger partial charge in [-0.3, -0.25) is 4.79 Å². The van der Waals surface area contributed by atoms with Crippen LogP contribution in [0.1, 0.15) is 47.5 Å². The highest BCUT2D eigenvalue weighted by molar-refractivity contribution is 5.93. The Morgan fingerprint density at radius 1 is 1.28 bits per heavy atom. The van der Waals surface area contributed by atoms with E-state index in [1.807, 2.05) is 11.0 Å². The summed E-state index contributed by atoms with van der Waals surface area (Å²) in [5, 5.41) is 7.42. The first-order chi connectivity index (χ1) is 12.2. The van der Waals surface area contributed by atoms with Crippen LogP contribution < -0.4 is 5.32 Å². The number of carbonyl (C=O) groups excluding carboxylic acids is 1. The fourth-order valence-electron chi connectivity index (χ4n) is 3.80. The minimum atomic E-state index is -0.262. The first-order valence-corrected chi connectivity index (χ1v) is 8.99. The lowest BCUT2D eigenvalue weighted by Crippen LogP contribution is -2.45. The zero-order chi connectivity index (χ0) is 17.2. The normalized spacial score (nSPS) is 20.2. The molecule has 25 heavy (non-hydrogen) atoms. The molecule has 0 radical (unpaired) electrons. The Balaban J connectivity index is 1.45. The molecule has 1 fully saturated rings. The van der Waals surface area contributed by atoms with Gasteiger partial charge >= 0.3 is 0 Å². The zero-order valence-electron chi connectivity index (χ0n) is 14.1. The van der Waals surface area contributed by atoms with E-state index in [2.05, 4.69) is 10.5 Å². The van der Waals surface area contributed by atoms with Gasteiger partial charge in [0.2, 0.25) is 5.76 Å². The van der Waals surface area contributed by atoms with Crippen LogP contribution in [0.3, 0.4) is 0 Å². The minimum absolute atomic E-state index is 0.0682. The number of aryl methyl sites for hydroxylation is 1. The number of amides is 1. The summed E-state index contributed by atoms with van der Waals surface area (Å²) in [5.74, 6) is 0.0875. The third-order valence-electron chi connectivity index (χ3n) is 5.06. The second-order valence-corrected chi connectivity index (χ2v) is 6.89. The van der Waals surface area contributed by atoms with Crippen LogP contribution in [0, 0.1) is 5.82 Å². The number of hydrogen-bond donors (Lipinski definition) is 1. The maximum Gasteiger partial charge on any atom is 0.292 e. The molecule has 0 saturated carbocycles. The first kappa shape index (κ1) is 16.1. The number of rotatable bonds is 3. The fraction of sp³-hybridized carbons (Fsp3) is 0.474. The molecule has 6 heteroatoms. The van der Waals surface area contributed by atoms with E-state index in [4.69, 9.17) is 4.52 Å². The van der Waals surface area contributed by atoms with Crippen molar-refractivity contribution < 1.29 is 13.7 Å². The highest BCUT2D eigenvalue weighted by atomic mass is 19.1. The van der Waals surface area contributed by atoms with E-state index in [0.29, 0.717) is 12.3 Å². The number of piperidine rings is 1. The van der Waals surface area contributed by atoms with Gasteiger partial charge in [-0.2, -0.15) is 0 Å². The molecule has 132 valence electrons. The fourth-order valence-corrected chi connectivity index (χ4v) is 3.80. The van der Waals surface area contributed by atoms with E-state index in [-0.39, 0.29) is 17.8 Å². The molecule has 1 N–H and O–H groups in total. The molecule has 2 heterocycles. The number of likely N-dealkylation sites (tertiary alicyclic amines) is 1. The van der Waals surface area contributed by atoms with Crippen molar-refractivity contribution in [3.63, 3.8) is 0 Å². The summed E-state index contributed by atoms with van der Waals surface area (Å²) >= 11 is 0. The topological polar surface area (TPSA) is 58.4 Å². The Morgan fingerprint density at radius 2 is 2.16 bits per heavy atom. The van der Waals surface area contributed by atoms with Crippen LogP contribution in [0.5, 0.6) is 0 Å². The smallest absolute Gasteiger partial charge is 0.292 e. The van der Waals surface area contributed by atoms with Crippen LogP contribution in [-0.4, -0.2) is 35.1 Å². The van der Waals surface area contributed by atoms with Crippen molar-refractivity contribution in [2.75, 3.05) is 18.4 Å². The second kappa shape index (κ2) is 6.86. The maximum absolute atomic E-state index is 13.3. The Bertz CT molecular complexity index is 774. The van der Waals surface area contributed by atoms with Crippen LogP contribution in [0.15, 0.2) is 28.8 Å². The predicted octanol–water partition coefficient (Wildman–Crippen LogP) is 3.41. The third kappa shape index (κ3) is 3.38. The molecule has 1 aromatic carbocycles. The van der Waals surface area contributed by atoms with Crippen molar-refractivity contribution in [3.05, 3.63) is 47.1 Å². The molecular weight excluding hydrogens is 321 g/mol. The monoisotopic (exact) mass is 343 g/mol. The van der Waals surface area contributed by atoms with Crippen LogP contribution in [0.4, 0.5) is 10.1 Å². The van der Waals surface area contributed by atoms with Crippen LogP contribution in [0.2, 0.25) is 0 Å². The minimum Gasteiger partial charge on any atom is -0.380 e. The predicted molar refractivity (Wildman–Crippen MR) is 92.1 cm³/mol. The second-order valence-electron chi connectivity index (χ2n) is 6.89. The Hall–Kier alpha value is -2.37. The number of benzene rings is 1. The number of aromatic nitrogens is 1. The Kier molecular flexibility index (Phi) is 4.42. The molecular formula is C19H22FN3O2. The van der Waals surface area contributed by atoms with Gasteiger partial charge in [0.05, 0.1) is 5.69 Å². The van der Waals surface area contributed by atoms with Crippen molar-refractivity contribution in [1.82, 2.24) is 10.1 Å². The van der Waals surface area contributed by atoms with Crippen molar-refractivity contribution in [1.29, 1.82) is 0 Å². The van der Waals surface area contributed by atoms with Crippen molar-refractivity contribution in [2.24, 2.45) is 0 Å². The molecule has 1 aliphatic carbocycles. The molecule has 1 amide bonds. The first-order valence-electron chi connectivity index (χ1n) is 8.99. The van der Waals surface area contributed by atoms with E-state index >= 15 is 0 Å². The van der Waals surface area contributed by atoms with Crippen molar-refractivity contribution in [3.8, 4) is 0 Å². The molecule has 1 aliphatic heterocycles. The average Bonchev–Trinajstić information content (AvgIpc) is 3.05. The SMILES string of the molecule is O=C(c1onc2c1CCCC2)N1CCCC(Nc2cccc(F)c2)C1. The summed E-state index contributed by atoms with van der Waals surface area (Å²) in [5.41, 5.74) is 2.69. The summed E-state index contributed by atoms with van der Waals surface area (Å²) in [6.45, 7) is 1.31. The van der Waals surface area contributed by atoms with Crippen LogP contribution in [0.25, 0.3) is 0 Å². The zero-order valence-corrected chi connectivity index (χ0v) is 14.1. The van der Waals surface area contributed by atoms with E-state index < -0.39 is 0 Å². The molecule has 1 saturated heterocycles. The lowest BCUT2D eigenvalue weighted by atomic mass is 9.95. The molecule has 2 aromatic rings. The maximum atomic E-state index is 13.3. The molecule has 1 atom stereocenters. The van der Waals surface area contributed by atoms with Crippen LogP contribution >= 0.6 is 0 Å². The molecule has 1 aromatic heterocycles. The molecule has 1 unspecified atom stereocenters. The van der Waals surface area contributed by atoms with Gasteiger partial charge in [-0.05, 0) is 56.7 Å². The van der Waals surface area contributed by atoms with Crippen molar-refractivity contribution in [2.45, 2.75) is 44.6 Å². The number of halogens is 1. The highest BCUT2D eigenvalue weighted by Gasteiger charge is 2.30. The molecule has 0 spiro atoms. The van der Waals surface area contributed by atoms with Crippen LogP contribution in [-0.2, 0) is 12.8 Å². The number of fused-ring (bicyclic) bond motifs is 1. The van der Waals surface area contributed by atoms with Gasteiger partial charge in [0.15, 0.2) is 0 Å². The number of anilines is 1. The lowest BCUT2D eigenvalue weighted by molar-refractivity contribution is 0.0671. The van der Waals surface area contributed by atoms with E-state index in [0.717, 1.165) is 62.0 Å². The van der Waals surface area contributed by atoms with Gasteiger partial charge in [0.25, 0.3) is 5.91 Å². The number of carbonyl (C=O) groups is 1. The van der Waals surface area contributed by atoms with Crippen molar-refractivity contribution >= 4 is 11.6 Å². The third-order valence-corrected chi connectivity index (χ3v) is 5.06. The molecule has 2 aliphatic rings. The Morgan fingerprint density at radius 3 is 3.04 bits per heavy atom. The summed E-state index contributed by atoms with van der Waals surface area (Å²) in [6, 6.07) is 6.54. The molecule has 4 rings (SSSR count). The number of nitrogens with one attached hydrogen (secondary N) is 1. The van der Waals surface area contributed by atoms with Gasteiger partial charge < -0.3 is 14.7 Å². The lowest BCUT2D eigenvalue weighted by Gasteiger charge is -2.33. The van der Waals surface area contributed by atoms with E-state index in [1.54, 1.807) is 6.07 Å². The van der Waals surface area contributed by atoms with E-state index in [9.17, 15) is 9.18 Å². The van der Waals surface area contributed by atoms with Gasteiger partial charge in [0.1, 0.15) is 5.82 Å². The van der Waals surface area contributed by atoms with Gasteiger partial charge in [-0.15, -0.1) is 0 Å². The summed E-state index contributed by atoms with van der Waals surface area (Å²) in [6.07, 6.45) is 5.83. The highest BCUT2D eigenvalue weighted by Crippen LogP contribution is 2.26. The number of nitrogens with zero attached hydrogens (tertiary/aromatic N) is 2. The summed E-state index contributed by atoms with van der Waals surface area (Å²) in [4.78, 5) is 14.7. The quantitative estimate of drug-likeness (QED) is 0.928. The Labute approximate surface area is 146 Å². The summed E-state index contributed by atoms with van der Waals surface area (Å²) in [7, 11) is 0. The largest absolute Gasteiger partial charge is 0.380 e. The average molecular weight is 343 g/mol.